The van der Waals surface area contributed by atoms with Gasteiger partial charge in [-0.25, -0.2) is 4.98 Å². The molecule has 1 aromatic rings. The molecule has 1 aliphatic heterocycles. The Morgan fingerprint density at radius 2 is 1.89 bits per heavy atom. The van der Waals surface area contributed by atoms with Crippen LogP contribution in [0.15, 0.2) is 10.4 Å². The molecule has 0 bridgehead atoms. The Morgan fingerprint density at radius 3 is 2.44 bits per heavy atom. The molecular formula is C15H21F3IN5O2S. The first-order valence-electron chi connectivity index (χ1n) is 8.10. The van der Waals surface area contributed by atoms with Gasteiger partial charge in [0.1, 0.15) is 0 Å². The van der Waals surface area contributed by atoms with Crippen LogP contribution in [0, 0.1) is 0 Å². The fourth-order valence-electron chi connectivity index (χ4n) is 2.40. The van der Waals surface area contributed by atoms with Crippen molar-refractivity contribution < 1.29 is 22.8 Å². The largest absolute Gasteiger partial charge is 0.434 e. The molecule has 152 valence electrons. The SMILES string of the molecule is CN=C(NCCc1nc(C(F)(F)F)cs1)NCCN1C(=O)CCCC1=O.I. The molecule has 0 unspecified atom stereocenters. The monoisotopic (exact) mass is 519 g/mol. The molecule has 2 N–H and O–H groups in total. The van der Waals surface area contributed by atoms with Gasteiger partial charge in [0.15, 0.2) is 11.7 Å². The third kappa shape index (κ3) is 7.24. The summed E-state index contributed by atoms with van der Waals surface area (Å²) in [7, 11) is 1.55. The number of hydrogen-bond acceptors (Lipinski definition) is 5. The quantitative estimate of drug-likeness (QED) is 0.260. The first-order valence-corrected chi connectivity index (χ1v) is 8.98. The maximum atomic E-state index is 12.5. The van der Waals surface area contributed by atoms with E-state index in [9.17, 15) is 22.8 Å². The van der Waals surface area contributed by atoms with Crippen molar-refractivity contribution in [1.29, 1.82) is 0 Å². The summed E-state index contributed by atoms with van der Waals surface area (Å²) in [6.45, 7) is 0.943. The zero-order valence-electron chi connectivity index (χ0n) is 14.6. The molecule has 0 atom stereocenters. The van der Waals surface area contributed by atoms with Crippen LogP contribution >= 0.6 is 35.3 Å². The van der Waals surface area contributed by atoms with E-state index >= 15 is 0 Å². The zero-order valence-corrected chi connectivity index (χ0v) is 17.8. The molecule has 12 heteroatoms. The van der Waals surface area contributed by atoms with E-state index in [1.807, 2.05) is 0 Å². The van der Waals surface area contributed by atoms with E-state index in [0.29, 0.717) is 49.7 Å². The minimum Gasteiger partial charge on any atom is -0.356 e. The Morgan fingerprint density at radius 1 is 1.26 bits per heavy atom. The van der Waals surface area contributed by atoms with Gasteiger partial charge in [0.2, 0.25) is 11.8 Å². The topological polar surface area (TPSA) is 86.7 Å². The average molecular weight is 519 g/mol. The van der Waals surface area contributed by atoms with Crippen LogP contribution in [0.1, 0.15) is 30.0 Å². The third-order valence-corrected chi connectivity index (χ3v) is 4.62. The minimum absolute atomic E-state index is 0. The molecule has 1 fully saturated rings. The van der Waals surface area contributed by atoms with Crippen LogP contribution in [0.25, 0.3) is 0 Å². The van der Waals surface area contributed by atoms with Crippen molar-refractivity contribution in [2.45, 2.75) is 31.9 Å². The van der Waals surface area contributed by atoms with Gasteiger partial charge in [-0.2, -0.15) is 13.2 Å². The second-order valence-corrected chi connectivity index (χ2v) is 6.54. The molecule has 0 aromatic carbocycles. The number of aliphatic imine (C=N–C) groups is 1. The summed E-state index contributed by atoms with van der Waals surface area (Å²) in [6.07, 6.45) is -2.75. The molecule has 0 saturated carbocycles. The van der Waals surface area contributed by atoms with E-state index in [4.69, 9.17) is 0 Å². The normalized spacial score (nSPS) is 15.6. The summed E-state index contributed by atoms with van der Waals surface area (Å²) in [5.74, 6) is 0.0972. The smallest absolute Gasteiger partial charge is 0.356 e. The predicted octanol–water partition coefficient (Wildman–Crippen LogP) is 2.03. The molecule has 0 radical (unpaired) electrons. The number of amides is 2. The number of piperidine rings is 1. The lowest BCUT2D eigenvalue weighted by molar-refractivity contribution is -0.147. The summed E-state index contributed by atoms with van der Waals surface area (Å²) in [5, 5.41) is 7.31. The van der Waals surface area contributed by atoms with Crippen LogP contribution in [0.3, 0.4) is 0 Å². The van der Waals surface area contributed by atoms with Gasteiger partial charge < -0.3 is 10.6 Å². The van der Waals surface area contributed by atoms with Crippen molar-refractivity contribution in [3.8, 4) is 0 Å². The number of likely N-dealkylation sites (tertiary alicyclic amines) is 1. The van der Waals surface area contributed by atoms with Gasteiger partial charge >= 0.3 is 6.18 Å². The molecule has 0 spiro atoms. The van der Waals surface area contributed by atoms with Gasteiger partial charge in [-0.05, 0) is 6.42 Å². The van der Waals surface area contributed by atoms with Crippen LogP contribution in [0.4, 0.5) is 13.2 Å². The number of imide groups is 1. The molecule has 7 nitrogen and oxygen atoms in total. The van der Waals surface area contributed by atoms with Crippen molar-refractivity contribution in [3.05, 3.63) is 16.1 Å². The Bertz CT molecular complexity index is 665. The molecule has 1 aromatic heterocycles. The average Bonchev–Trinajstić information content (AvgIpc) is 3.05. The number of thiazole rings is 1. The number of carbonyl (C=O) groups excluding carboxylic acids is 2. The van der Waals surface area contributed by atoms with Crippen molar-refractivity contribution in [1.82, 2.24) is 20.5 Å². The predicted molar refractivity (Wildman–Crippen MR) is 106 cm³/mol. The Labute approximate surface area is 175 Å². The number of carbonyl (C=O) groups is 2. The Hall–Kier alpha value is -1.44. The molecule has 2 rings (SSSR count). The zero-order chi connectivity index (χ0) is 19.2. The van der Waals surface area contributed by atoms with Gasteiger partial charge in [0, 0.05) is 51.3 Å². The van der Waals surface area contributed by atoms with Crippen LogP contribution < -0.4 is 10.6 Å². The van der Waals surface area contributed by atoms with Crippen LogP contribution in [-0.2, 0) is 22.2 Å². The second kappa shape index (κ2) is 10.8. The van der Waals surface area contributed by atoms with E-state index < -0.39 is 11.9 Å². The number of guanidine groups is 1. The van der Waals surface area contributed by atoms with Gasteiger partial charge in [-0.15, -0.1) is 35.3 Å². The third-order valence-electron chi connectivity index (χ3n) is 3.71. The summed E-state index contributed by atoms with van der Waals surface area (Å²) < 4.78 is 37.5. The van der Waals surface area contributed by atoms with E-state index in [-0.39, 0.29) is 42.3 Å². The summed E-state index contributed by atoms with van der Waals surface area (Å²) in [4.78, 5) is 32.2. The molecule has 1 aliphatic rings. The first kappa shape index (κ1) is 23.6. The van der Waals surface area contributed by atoms with Gasteiger partial charge in [0.25, 0.3) is 0 Å². The standard InChI is InChI=1S/C15H20F3N5O2S.HI/c1-19-14(21-7-8-23-12(24)3-2-4-13(23)25)20-6-5-11-22-10(9-26-11)15(16,17)18;/h9H,2-8H2,1H3,(H2,19,20,21);1H. The Kier molecular flexibility index (Phi) is 9.42. The maximum Gasteiger partial charge on any atom is 0.434 e. The highest BCUT2D eigenvalue weighted by Gasteiger charge is 2.33. The molecule has 2 amide bonds. The first-order chi connectivity index (χ1) is 12.3. The minimum atomic E-state index is -4.43. The maximum absolute atomic E-state index is 12.5. The molecule has 27 heavy (non-hydrogen) atoms. The van der Waals surface area contributed by atoms with Crippen molar-refractivity contribution in [3.63, 3.8) is 0 Å². The van der Waals surface area contributed by atoms with E-state index in [1.54, 1.807) is 7.05 Å². The highest BCUT2D eigenvalue weighted by Crippen LogP contribution is 2.29. The van der Waals surface area contributed by atoms with E-state index in [1.165, 1.54) is 4.90 Å². The van der Waals surface area contributed by atoms with Gasteiger partial charge in [-0.3, -0.25) is 19.5 Å². The van der Waals surface area contributed by atoms with Crippen LogP contribution in [0.5, 0.6) is 0 Å². The van der Waals surface area contributed by atoms with Crippen molar-refractivity contribution in [2.75, 3.05) is 26.7 Å². The van der Waals surface area contributed by atoms with Gasteiger partial charge in [-0.1, -0.05) is 0 Å². The summed E-state index contributed by atoms with van der Waals surface area (Å²) >= 11 is 0.960. The van der Waals surface area contributed by atoms with Crippen molar-refractivity contribution >= 4 is 53.1 Å². The number of nitrogens with one attached hydrogen (secondary N) is 2. The molecule has 2 heterocycles. The van der Waals surface area contributed by atoms with Crippen molar-refractivity contribution in [2.24, 2.45) is 4.99 Å². The number of alkyl halides is 3. The number of nitrogens with zero attached hydrogens (tertiary/aromatic N) is 3. The second-order valence-electron chi connectivity index (χ2n) is 5.59. The fraction of sp³-hybridized carbons (Fsp3) is 0.600. The number of hydrogen-bond donors (Lipinski definition) is 2. The lowest BCUT2D eigenvalue weighted by Gasteiger charge is -2.25. The van der Waals surface area contributed by atoms with Crippen LogP contribution in [0.2, 0.25) is 0 Å². The number of aromatic nitrogens is 1. The molecular weight excluding hydrogens is 498 g/mol. The van der Waals surface area contributed by atoms with Gasteiger partial charge in [0.05, 0.1) is 5.01 Å². The van der Waals surface area contributed by atoms with E-state index in [2.05, 4.69) is 20.6 Å². The molecule has 0 aliphatic carbocycles. The highest BCUT2D eigenvalue weighted by molar-refractivity contribution is 14.0. The number of halogens is 4. The lowest BCUT2D eigenvalue weighted by Crippen LogP contribution is -2.46. The van der Waals surface area contributed by atoms with E-state index in [0.717, 1.165) is 16.7 Å². The summed E-state index contributed by atoms with van der Waals surface area (Å²) in [5.41, 5.74) is -0.879. The fourth-order valence-corrected chi connectivity index (χ4v) is 3.20. The highest BCUT2D eigenvalue weighted by atomic mass is 127. The summed E-state index contributed by atoms with van der Waals surface area (Å²) in [6, 6.07) is 0. The molecule has 1 saturated heterocycles. The Balaban J connectivity index is 0.00000364. The lowest BCUT2D eigenvalue weighted by atomic mass is 10.1. The van der Waals surface area contributed by atoms with Crippen LogP contribution in [-0.4, -0.2) is 54.3 Å². The number of rotatable bonds is 6.